The summed E-state index contributed by atoms with van der Waals surface area (Å²) in [6.45, 7) is 0. The number of fused-ring (bicyclic) bond motifs is 1. The molecule has 0 atom stereocenters. The molecule has 5 nitrogen and oxygen atoms in total. The zero-order valence-corrected chi connectivity index (χ0v) is 8.31. The van der Waals surface area contributed by atoms with Gasteiger partial charge in [0.15, 0.2) is 0 Å². The second-order valence-electron chi connectivity index (χ2n) is 4.03. The molecule has 0 bridgehead atoms. The highest BCUT2D eigenvalue weighted by atomic mass is 16.1. The molecule has 0 aliphatic heterocycles. The number of rotatable bonds is 1. The van der Waals surface area contributed by atoms with Crippen LogP contribution in [0.5, 0.6) is 0 Å². The van der Waals surface area contributed by atoms with Crippen molar-refractivity contribution >= 4 is 10.9 Å². The van der Waals surface area contributed by atoms with Crippen LogP contribution in [0.1, 0.15) is 31.7 Å². The van der Waals surface area contributed by atoms with E-state index in [2.05, 4.69) is 15.3 Å². The summed E-state index contributed by atoms with van der Waals surface area (Å²) < 4.78 is 1.60. The van der Waals surface area contributed by atoms with E-state index in [1.54, 1.807) is 17.1 Å². The lowest BCUT2D eigenvalue weighted by molar-refractivity contribution is 0.447. The third-order valence-corrected chi connectivity index (χ3v) is 3.08. The largest absolute Gasteiger partial charge is 0.292 e. The Morgan fingerprint density at radius 1 is 1.33 bits per heavy atom. The van der Waals surface area contributed by atoms with Gasteiger partial charge in [-0.1, -0.05) is 12.8 Å². The van der Waals surface area contributed by atoms with Gasteiger partial charge in [0, 0.05) is 5.39 Å². The first kappa shape index (κ1) is 8.64. The molecule has 5 heteroatoms. The minimum absolute atomic E-state index is 0.0445. The molecular weight excluding hydrogens is 192 g/mol. The summed E-state index contributed by atoms with van der Waals surface area (Å²) in [5, 5.41) is 11.6. The lowest BCUT2D eigenvalue weighted by Crippen LogP contribution is -2.25. The molecule has 0 amide bonds. The Labute approximate surface area is 86.1 Å². The highest BCUT2D eigenvalue weighted by Gasteiger charge is 2.19. The number of aromatic amines is 1. The number of H-pyrrole nitrogens is 1. The summed E-state index contributed by atoms with van der Waals surface area (Å²) in [5.41, 5.74) is 0.522. The van der Waals surface area contributed by atoms with Gasteiger partial charge >= 0.3 is 0 Å². The summed E-state index contributed by atoms with van der Waals surface area (Å²) in [5.74, 6) is 0. The van der Waals surface area contributed by atoms with Gasteiger partial charge in [0.2, 0.25) is 0 Å². The molecule has 1 saturated carbocycles. The molecular formula is C10H12N4O. The Morgan fingerprint density at radius 3 is 2.93 bits per heavy atom. The van der Waals surface area contributed by atoms with E-state index >= 15 is 0 Å². The molecule has 3 rings (SSSR count). The van der Waals surface area contributed by atoms with Crippen molar-refractivity contribution in [3.05, 3.63) is 22.7 Å². The van der Waals surface area contributed by atoms with Crippen LogP contribution in [-0.4, -0.2) is 20.0 Å². The van der Waals surface area contributed by atoms with Gasteiger partial charge in [0.25, 0.3) is 5.56 Å². The van der Waals surface area contributed by atoms with Gasteiger partial charge in [-0.2, -0.15) is 10.2 Å². The predicted octanol–water partition coefficient (Wildman–Crippen LogP) is 1.23. The monoisotopic (exact) mass is 204 g/mol. The molecule has 0 unspecified atom stereocenters. The quantitative estimate of drug-likeness (QED) is 0.760. The summed E-state index contributed by atoms with van der Waals surface area (Å²) in [6.07, 6.45) is 7.85. The molecule has 1 aliphatic carbocycles. The molecule has 1 aliphatic rings. The van der Waals surface area contributed by atoms with E-state index in [-0.39, 0.29) is 11.6 Å². The first-order valence-corrected chi connectivity index (χ1v) is 5.27. The summed E-state index contributed by atoms with van der Waals surface area (Å²) in [4.78, 5) is 12.0. The second kappa shape index (κ2) is 3.18. The Balaban J connectivity index is 2.18. The standard InChI is InChI=1S/C10H12N4O/c15-10-9-7(5-11-13-9)6-12-14(10)8-3-1-2-4-8/h5-6,8H,1-4H2,(H,11,13). The van der Waals surface area contributed by atoms with Crippen molar-refractivity contribution in [2.45, 2.75) is 31.7 Å². The molecule has 0 saturated heterocycles. The maximum Gasteiger partial charge on any atom is 0.292 e. The summed E-state index contributed by atoms with van der Waals surface area (Å²) in [6, 6.07) is 0.283. The van der Waals surface area contributed by atoms with Crippen LogP contribution >= 0.6 is 0 Å². The maximum absolute atomic E-state index is 12.0. The second-order valence-corrected chi connectivity index (χ2v) is 4.03. The normalized spacial score (nSPS) is 17.6. The molecule has 1 N–H and O–H groups in total. The van der Waals surface area contributed by atoms with Gasteiger partial charge < -0.3 is 0 Å². The number of hydrogen-bond donors (Lipinski definition) is 1. The average Bonchev–Trinajstić information content (AvgIpc) is 2.87. The third kappa shape index (κ3) is 1.26. The van der Waals surface area contributed by atoms with Crippen molar-refractivity contribution in [1.82, 2.24) is 20.0 Å². The number of nitrogens with one attached hydrogen (secondary N) is 1. The van der Waals surface area contributed by atoms with Crippen LogP contribution in [0, 0.1) is 0 Å². The van der Waals surface area contributed by atoms with Crippen molar-refractivity contribution in [3.8, 4) is 0 Å². The zero-order valence-electron chi connectivity index (χ0n) is 8.31. The Bertz CT molecular complexity index is 536. The first-order chi connectivity index (χ1) is 7.36. The molecule has 2 heterocycles. The van der Waals surface area contributed by atoms with E-state index < -0.39 is 0 Å². The topological polar surface area (TPSA) is 63.6 Å². The van der Waals surface area contributed by atoms with Crippen LogP contribution in [0.2, 0.25) is 0 Å². The zero-order chi connectivity index (χ0) is 10.3. The molecule has 2 aromatic heterocycles. The third-order valence-electron chi connectivity index (χ3n) is 3.08. The molecule has 0 radical (unpaired) electrons. The van der Waals surface area contributed by atoms with E-state index in [1.807, 2.05) is 0 Å². The fourth-order valence-electron chi connectivity index (χ4n) is 2.26. The number of aromatic nitrogens is 4. The van der Waals surface area contributed by atoms with E-state index in [1.165, 1.54) is 12.8 Å². The van der Waals surface area contributed by atoms with Crippen LogP contribution in [0.25, 0.3) is 10.9 Å². The maximum atomic E-state index is 12.0. The van der Waals surface area contributed by atoms with Gasteiger partial charge in [-0.15, -0.1) is 0 Å². The van der Waals surface area contributed by atoms with Gasteiger partial charge in [0.05, 0.1) is 18.4 Å². The van der Waals surface area contributed by atoms with Crippen LogP contribution in [0.3, 0.4) is 0 Å². The molecule has 1 fully saturated rings. The molecule has 2 aromatic rings. The fourth-order valence-corrected chi connectivity index (χ4v) is 2.26. The van der Waals surface area contributed by atoms with E-state index in [4.69, 9.17) is 0 Å². The molecule has 78 valence electrons. The van der Waals surface area contributed by atoms with Crippen molar-refractivity contribution in [2.75, 3.05) is 0 Å². The van der Waals surface area contributed by atoms with Crippen molar-refractivity contribution < 1.29 is 0 Å². The molecule has 0 spiro atoms. The Kier molecular flexibility index (Phi) is 1.83. The van der Waals surface area contributed by atoms with Crippen molar-refractivity contribution in [3.63, 3.8) is 0 Å². The number of nitrogens with zero attached hydrogens (tertiary/aromatic N) is 3. The highest BCUT2D eigenvalue weighted by Crippen LogP contribution is 2.27. The fraction of sp³-hybridized carbons (Fsp3) is 0.500. The average molecular weight is 204 g/mol. The Morgan fingerprint density at radius 2 is 2.13 bits per heavy atom. The van der Waals surface area contributed by atoms with Crippen molar-refractivity contribution in [1.29, 1.82) is 0 Å². The van der Waals surface area contributed by atoms with E-state index in [0.29, 0.717) is 5.52 Å². The molecule has 15 heavy (non-hydrogen) atoms. The van der Waals surface area contributed by atoms with E-state index in [9.17, 15) is 4.79 Å². The highest BCUT2D eigenvalue weighted by molar-refractivity contribution is 5.75. The van der Waals surface area contributed by atoms with Gasteiger partial charge in [-0.25, -0.2) is 4.68 Å². The summed E-state index contributed by atoms with van der Waals surface area (Å²) in [7, 11) is 0. The van der Waals surface area contributed by atoms with Gasteiger partial charge in [-0.3, -0.25) is 9.89 Å². The predicted molar refractivity (Wildman–Crippen MR) is 55.7 cm³/mol. The van der Waals surface area contributed by atoms with Crippen LogP contribution in [0.4, 0.5) is 0 Å². The van der Waals surface area contributed by atoms with Gasteiger partial charge in [0.1, 0.15) is 5.52 Å². The van der Waals surface area contributed by atoms with Crippen molar-refractivity contribution in [2.24, 2.45) is 0 Å². The smallest absolute Gasteiger partial charge is 0.272 e. The minimum atomic E-state index is -0.0445. The Hall–Kier alpha value is -1.65. The minimum Gasteiger partial charge on any atom is -0.272 e. The van der Waals surface area contributed by atoms with Gasteiger partial charge in [-0.05, 0) is 12.8 Å². The summed E-state index contributed by atoms with van der Waals surface area (Å²) >= 11 is 0. The number of hydrogen-bond acceptors (Lipinski definition) is 3. The van der Waals surface area contributed by atoms with E-state index in [0.717, 1.165) is 18.2 Å². The van der Waals surface area contributed by atoms with Crippen LogP contribution in [0.15, 0.2) is 17.2 Å². The SMILES string of the molecule is O=c1c2[nH]ncc2cnn1C1CCCC1. The molecule has 0 aromatic carbocycles. The van der Waals surface area contributed by atoms with Crippen LogP contribution < -0.4 is 5.56 Å². The van der Waals surface area contributed by atoms with Crippen LogP contribution in [-0.2, 0) is 0 Å². The lowest BCUT2D eigenvalue weighted by Gasteiger charge is -2.10. The lowest BCUT2D eigenvalue weighted by atomic mass is 10.2. The first-order valence-electron chi connectivity index (χ1n) is 5.27.